The van der Waals surface area contributed by atoms with Crippen molar-refractivity contribution in [1.29, 1.82) is 0 Å². The zero-order chi connectivity index (χ0) is 21.8. The molecule has 2 heterocycles. The smallest absolute Gasteiger partial charge is 0.211 e. The SMILES string of the molecule is CC1(C)CN(c2ccc3c(cnn3-c3cc(O)c(F)c(F)c3)c2)CCN1S(C)(=O)=O. The summed E-state index contributed by atoms with van der Waals surface area (Å²) in [5.74, 6) is -3.24. The molecule has 0 atom stereocenters. The average molecular weight is 436 g/mol. The fourth-order valence-corrected chi connectivity index (χ4v) is 5.45. The average Bonchev–Trinajstić information content (AvgIpc) is 3.07. The zero-order valence-electron chi connectivity index (χ0n) is 16.8. The van der Waals surface area contributed by atoms with Gasteiger partial charge in [0.1, 0.15) is 0 Å². The second-order valence-corrected chi connectivity index (χ2v) is 10.0. The summed E-state index contributed by atoms with van der Waals surface area (Å²) in [5, 5.41) is 14.6. The normalized spacial score (nSPS) is 17.6. The van der Waals surface area contributed by atoms with Gasteiger partial charge in [0.2, 0.25) is 10.0 Å². The first-order chi connectivity index (χ1) is 14.0. The van der Waals surface area contributed by atoms with Crippen LogP contribution in [0.4, 0.5) is 14.5 Å². The lowest BCUT2D eigenvalue weighted by Gasteiger charge is -2.46. The number of phenols is 1. The van der Waals surface area contributed by atoms with E-state index in [9.17, 15) is 22.3 Å². The molecule has 2 aromatic carbocycles. The molecule has 0 aliphatic carbocycles. The summed E-state index contributed by atoms with van der Waals surface area (Å²) in [4.78, 5) is 2.11. The topological polar surface area (TPSA) is 78.7 Å². The van der Waals surface area contributed by atoms with Crippen molar-refractivity contribution in [3.8, 4) is 11.4 Å². The number of benzene rings is 2. The van der Waals surface area contributed by atoms with Crippen molar-refractivity contribution in [1.82, 2.24) is 14.1 Å². The van der Waals surface area contributed by atoms with Crippen molar-refractivity contribution < 1.29 is 22.3 Å². The van der Waals surface area contributed by atoms with E-state index in [0.29, 0.717) is 25.2 Å². The van der Waals surface area contributed by atoms with Gasteiger partial charge in [-0.25, -0.2) is 17.5 Å². The van der Waals surface area contributed by atoms with Gasteiger partial charge in [-0.05, 0) is 32.0 Å². The van der Waals surface area contributed by atoms with Gasteiger partial charge in [-0.1, -0.05) is 0 Å². The quantitative estimate of drug-likeness (QED) is 0.683. The summed E-state index contributed by atoms with van der Waals surface area (Å²) in [6, 6.07) is 7.71. The molecule has 4 rings (SSSR count). The van der Waals surface area contributed by atoms with E-state index < -0.39 is 32.9 Å². The molecule has 1 N–H and O–H groups in total. The van der Waals surface area contributed by atoms with Gasteiger partial charge in [-0.2, -0.15) is 13.8 Å². The molecule has 0 radical (unpaired) electrons. The molecule has 1 saturated heterocycles. The molecule has 30 heavy (non-hydrogen) atoms. The maximum Gasteiger partial charge on any atom is 0.211 e. The van der Waals surface area contributed by atoms with Gasteiger partial charge in [-0.15, -0.1) is 0 Å². The highest BCUT2D eigenvalue weighted by Crippen LogP contribution is 2.31. The number of hydrogen-bond acceptors (Lipinski definition) is 5. The van der Waals surface area contributed by atoms with E-state index in [2.05, 4.69) is 10.00 Å². The van der Waals surface area contributed by atoms with Crippen LogP contribution in [0.2, 0.25) is 0 Å². The Kier molecular flexibility index (Phi) is 4.74. The molecule has 1 aliphatic heterocycles. The van der Waals surface area contributed by atoms with Gasteiger partial charge >= 0.3 is 0 Å². The molecule has 1 aliphatic rings. The minimum atomic E-state index is -3.30. The monoisotopic (exact) mass is 436 g/mol. The molecule has 0 amide bonds. The van der Waals surface area contributed by atoms with Crippen molar-refractivity contribution in [3.05, 3.63) is 48.2 Å². The van der Waals surface area contributed by atoms with E-state index >= 15 is 0 Å². The largest absolute Gasteiger partial charge is 0.505 e. The second-order valence-electron chi connectivity index (χ2n) is 8.13. The van der Waals surface area contributed by atoms with Gasteiger partial charge in [0.15, 0.2) is 17.4 Å². The Labute approximate surface area is 173 Å². The van der Waals surface area contributed by atoms with Gasteiger partial charge in [0, 0.05) is 48.4 Å². The number of rotatable bonds is 3. The fourth-order valence-electron chi connectivity index (χ4n) is 4.08. The lowest BCUT2D eigenvalue weighted by atomic mass is 10.0. The maximum absolute atomic E-state index is 13.7. The Morgan fingerprint density at radius 2 is 1.83 bits per heavy atom. The molecule has 0 bridgehead atoms. The summed E-state index contributed by atoms with van der Waals surface area (Å²) >= 11 is 0. The molecule has 10 heteroatoms. The van der Waals surface area contributed by atoms with Crippen LogP contribution in [0.5, 0.6) is 5.75 Å². The highest BCUT2D eigenvalue weighted by atomic mass is 32.2. The van der Waals surface area contributed by atoms with Crippen LogP contribution in [0.25, 0.3) is 16.6 Å². The van der Waals surface area contributed by atoms with Crippen molar-refractivity contribution in [2.24, 2.45) is 0 Å². The third kappa shape index (κ3) is 3.50. The van der Waals surface area contributed by atoms with Crippen molar-refractivity contribution in [3.63, 3.8) is 0 Å². The molecule has 0 spiro atoms. The van der Waals surface area contributed by atoms with Crippen LogP contribution >= 0.6 is 0 Å². The van der Waals surface area contributed by atoms with Crippen LogP contribution in [0, 0.1) is 11.6 Å². The lowest BCUT2D eigenvalue weighted by Crippen LogP contribution is -2.60. The number of piperazine rings is 1. The molecule has 3 aromatic rings. The third-order valence-electron chi connectivity index (χ3n) is 5.38. The van der Waals surface area contributed by atoms with Crippen molar-refractivity contribution in [2.75, 3.05) is 30.8 Å². The van der Waals surface area contributed by atoms with E-state index in [1.165, 1.54) is 15.2 Å². The third-order valence-corrected chi connectivity index (χ3v) is 6.86. The van der Waals surface area contributed by atoms with Crippen molar-refractivity contribution in [2.45, 2.75) is 19.4 Å². The minimum absolute atomic E-state index is 0.206. The Hall–Kier alpha value is -2.72. The lowest BCUT2D eigenvalue weighted by molar-refractivity contribution is 0.206. The number of aromatic nitrogens is 2. The number of hydrogen-bond donors (Lipinski definition) is 1. The Morgan fingerprint density at radius 1 is 1.10 bits per heavy atom. The van der Waals surface area contributed by atoms with E-state index in [4.69, 9.17) is 0 Å². The maximum atomic E-state index is 13.7. The number of aromatic hydroxyl groups is 1. The van der Waals surface area contributed by atoms with Crippen molar-refractivity contribution >= 4 is 26.6 Å². The number of phenolic OH excluding ortho intramolecular Hbond substituents is 1. The van der Waals surface area contributed by atoms with Gasteiger partial charge in [0.05, 0.1) is 23.7 Å². The summed E-state index contributed by atoms with van der Waals surface area (Å²) in [5.41, 5.74) is 1.22. The van der Waals surface area contributed by atoms with E-state index in [1.807, 2.05) is 32.0 Å². The highest BCUT2D eigenvalue weighted by Gasteiger charge is 2.39. The highest BCUT2D eigenvalue weighted by molar-refractivity contribution is 7.88. The minimum Gasteiger partial charge on any atom is -0.505 e. The van der Waals surface area contributed by atoms with Crippen LogP contribution in [0.15, 0.2) is 36.5 Å². The number of nitrogens with zero attached hydrogens (tertiary/aromatic N) is 4. The van der Waals surface area contributed by atoms with Gasteiger partial charge in [-0.3, -0.25) is 0 Å². The summed E-state index contributed by atoms with van der Waals surface area (Å²) in [7, 11) is -3.30. The molecular weight excluding hydrogens is 414 g/mol. The molecule has 1 fully saturated rings. The predicted molar refractivity (Wildman–Crippen MR) is 110 cm³/mol. The first-order valence-corrected chi connectivity index (χ1v) is 11.2. The predicted octanol–water partition coefficient (Wildman–Crippen LogP) is 2.87. The fraction of sp³-hybridized carbons (Fsp3) is 0.350. The summed E-state index contributed by atoms with van der Waals surface area (Å²) in [6.45, 7) is 5.25. The van der Waals surface area contributed by atoms with E-state index in [1.54, 1.807) is 6.20 Å². The van der Waals surface area contributed by atoms with Gasteiger partial charge in [0.25, 0.3) is 0 Å². The van der Waals surface area contributed by atoms with Crippen LogP contribution in [0.3, 0.4) is 0 Å². The van der Waals surface area contributed by atoms with Crippen LogP contribution in [0.1, 0.15) is 13.8 Å². The Bertz CT molecular complexity index is 1220. The first-order valence-electron chi connectivity index (χ1n) is 9.36. The van der Waals surface area contributed by atoms with E-state index in [-0.39, 0.29) is 5.69 Å². The number of fused-ring (bicyclic) bond motifs is 1. The van der Waals surface area contributed by atoms with Crippen LogP contribution in [-0.4, -0.2) is 59.0 Å². The van der Waals surface area contributed by atoms with Crippen LogP contribution < -0.4 is 4.90 Å². The number of anilines is 1. The molecule has 0 saturated carbocycles. The summed E-state index contributed by atoms with van der Waals surface area (Å²) < 4.78 is 54.1. The zero-order valence-corrected chi connectivity index (χ0v) is 17.6. The van der Waals surface area contributed by atoms with Crippen LogP contribution in [-0.2, 0) is 10.0 Å². The summed E-state index contributed by atoms with van der Waals surface area (Å²) in [6.07, 6.45) is 2.83. The standard InChI is InChI=1S/C20H22F2N4O3S/c1-20(2)12-24(6-7-25(20)30(3,28)29)14-4-5-17-13(8-14)11-23-26(17)15-9-16(21)19(22)18(27)10-15/h4-5,8-11,27H,6-7,12H2,1-3H3. The molecule has 7 nitrogen and oxygen atoms in total. The number of halogens is 2. The Morgan fingerprint density at radius 3 is 2.47 bits per heavy atom. The molecular formula is C20H22F2N4O3S. The Balaban J connectivity index is 1.67. The van der Waals surface area contributed by atoms with E-state index in [0.717, 1.165) is 23.2 Å². The molecule has 160 valence electrons. The second kappa shape index (κ2) is 6.92. The molecule has 0 unspecified atom stereocenters. The molecule has 1 aromatic heterocycles. The first kappa shape index (κ1) is 20.5. The number of sulfonamides is 1. The van der Waals surface area contributed by atoms with Gasteiger partial charge < -0.3 is 10.0 Å².